The first-order valence-corrected chi connectivity index (χ1v) is 10.6. The van der Waals surface area contributed by atoms with E-state index in [-0.39, 0.29) is 6.54 Å². The van der Waals surface area contributed by atoms with Crippen molar-refractivity contribution in [1.29, 1.82) is 0 Å². The summed E-state index contributed by atoms with van der Waals surface area (Å²) in [7, 11) is -3.33. The zero-order chi connectivity index (χ0) is 20.3. The molecule has 1 heterocycles. The predicted molar refractivity (Wildman–Crippen MR) is 108 cm³/mol. The van der Waals surface area contributed by atoms with Crippen LogP contribution in [-0.2, 0) is 21.2 Å². The molecule has 8 nitrogen and oxygen atoms in total. The SMILES string of the molecule is Cc1ccc(NCC(=O)NNC(=O)c2ccc3c(c2)CCN3S(C)(=O)=O)cc1. The third-order valence-corrected chi connectivity index (χ3v) is 5.59. The zero-order valence-electron chi connectivity index (χ0n) is 15.7. The van der Waals surface area contributed by atoms with Gasteiger partial charge in [-0.1, -0.05) is 17.7 Å². The standard InChI is InChI=1S/C19H22N4O4S/c1-13-3-6-16(7-4-13)20-12-18(24)21-22-19(25)15-5-8-17-14(11-15)9-10-23(17)28(2,26)27/h3-8,11,20H,9-10,12H2,1-2H3,(H,21,24)(H,22,25). The van der Waals surface area contributed by atoms with Gasteiger partial charge in [0.15, 0.2) is 0 Å². The van der Waals surface area contributed by atoms with Gasteiger partial charge in [-0.25, -0.2) is 8.42 Å². The molecule has 2 amide bonds. The number of fused-ring (bicyclic) bond motifs is 1. The molecule has 3 N–H and O–H groups in total. The van der Waals surface area contributed by atoms with Gasteiger partial charge in [-0.2, -0.15) is 0 Å². The second-order valence-electron chi connectivity index (χ2n) is 6.65. The van der Waals surface area contributed by atoms with Gasteiger partial charge in [-0.05, 0) is 49.2 Å². The molecule has 0 saturated carbocycles. The fourth-order valence-electron chi connectivity index (χ4n) is 2.95. The number of sulfonamides is 1. The molecule has 3 rings (SSSR count). The molecular weight excluding hydrogens is 380 g/mol. The summed E-state index contributed by atoms with van der Waals surface area (Å²) in [6.07, 6.45) is 1.69. The second kappa shape index (κ2) is 7.89. The molecule has 0 fully saturated rings. The van der Waals surface area contributed by atoms with Gasteiger partial charge in [0.1, 0.15) is 0 Å². The Labute approximate surface area is 164 Å². The zero-order valence-corrected chi connectivity index (χ0v) is 16.5. The Morgan fingerprint density at radius 3 is 2.46 bits per heavy atom. The Morgan fingerprint density at radius 1 is 1.07 bits per heavy atom. The molecule has 28 heavy (non-hydrogen) atoms. The van der Waals surface area contributed by atoms with Crippen molar-refractivity contribution >= 4 is 33.2 Å². The molecule has 148 valence electrons. The van der Waals surface area contributed by atoms with E-state index in [4.69, 9.17) is 0 Å². The highest BCUT2D eigenvalue weighted by Gasteiger charge is 2.26. The maximum absolute atomic E-state index is 12.3. The van der Waals surface area contributed by atoms with E-state index in [0.29, 0.717) is 24.2 Å². The first-order valence-electron chi connectivity index (χ1n) is 8.74. The number of hydrazine groups is 1. The lowest BCUT2D eigenvalue weighted by Gasteiger charge is -2.16. The number of rotatable bonds is 5. The molecule has 0 bridgehead atoms. The Bertz CT molecular complexity index is 1000. The summed E-state index contributed by atoms with van der Waals surface area (Å²) in [5, 5.41) is 2.96. The molecule has 9 heteroatoms. The lowest BCUT2D eigenvalue weighted by atomic mass is 10.1. The van der Waals surface area contributed by atoms with Crippen LogP contribution in [0, 0.1) is 6.92 Å². The minimum atomic E-state index is -3.33. The number of amides is 2. The van der Waals surface area contributed by atoms with Crippen LogP contribution in [-0.4, -0.2) is 39.6 Å². The fraction of sp³-hybridized carbons (Fsp3) is 0.263. The van der Waals surface area contributed by atoms with Crippen molar-refractivity contribution in [1.82, 2.24) is 10.9 Å². The van der Waals surface area contributed by atoms with Crippen LogP contribution >= 0.6 is 0 Å². The van der Waals surface area contributed by atoms with Crippen molar-refractivity contribution < 1.29 is 18.0 Å². The first-order chi connectivity index (χ1) is 13.2. The Morgan fingerprint density at radius 2 is 1.79 bits per heavy atom. The molecule has 1 aliphatic heterocycles. The van der Waals surface area contributed by atoms with Gasteiger partial charge in [-0.3, -0.25) is 24.7 Å². The topological polar surface area (TPSA) is 108 Å². The number of carbonyl (C=O) groups excluding carboxylic acids is 2. The van der Waals surface area contributed by atoms with Crippen molar-refractivity contribution in [3.05, 3.63) is 59.2 Å². The van der Waals surface area contributed by atoms with Gasteiger partial charge in [0.25, 0.3) is 11.8 Å². The number of hydrogen-bond acceptors (Lipinski definition) is 5. The minimum Gasteiger partial charge on any atom is -0.376 e. The number of hydrogen-bond donors (Lipinski definition) is 3. The molecule has 0 unspecified atom stereocenters. The van der Waals surface area contributed by atoms with Crippen LogP contribution in [0.1, 0.15) is 21.5 Å². The van der Waals surface area contributed by atoms with E-state index in [1.165, 1.54) is 10.4 Å². The summed E-state index contributed by atoms with van der Waals surface area (Å²) < 4.78 is 24.9. The van der Waals surface area contributed by atoms with Gasteiger partial charge >= 0.3 is 0 Å². The van der Waals surface area contributed by atoms with Crippen molar-refractivity contribution in [2.75, 3.05) is 29.0 Å². The smallest absolute Gasteiger partial charge is 0.269 e. The van der Waals surface area contributed by atoms with E-state index in [1.54, 1.807) is 12.1 Å². The van der Waals surface area contributed by atoms with Crippen molar-refractivity contribution in [2.24, 2.45) is 0 Å². The molecule has 0 radical (unpaired) electrons. The summed E-state index contributed by atoms with van der Waals surface area (Å²) >= 11 is 0. The van der Waals surface area contributed by atoms with Crippen molar-refractivity contribution in [2.45, 2.75) is 13.3 Å². The van der Waals surface area contributed by atoms with Crippen LogP contribution < -0.4 is 20.5 Å². The van der Waals surface area contributed by atoms with Gasteiger partial charge in [-0.15, -0.1) is 0 Å². The van der Waals surface area contributed by atoms with Crippen LogP contribution in [0.2, 0.25) is 0 Å². The highest BCUT2D eigenvalue weighted by molar-refractivity contribution is 7.92. The third-order valence-electron chi connectivity index (χ3n) is 4.42. The van der Waals surface area contributed by atoms with E-state index >= 15 is 0 Å². The molecule has 0 atom stereocenters. The third kappa shape index (κ3) is 4.61. The molecule has 0 spiro atoms. The van der Waals surface area contributed by atoms with Gasteiger partial charge in [0, 0.05) is 17.8 Å². The largest absolute Gasteiger partial charge is 0.376 e. The molecule has 0 aliphatic carbocycles. The Balaban J connectivity index is 1.54. The minimum absolute atomic E-state index is 0.0108. The van der Waals surface area contributed by atoms with Crippen LogP contribution in [0.5, 0.6) is 0 Å². The maximum Gasteiger partial charge on any atom is 0.269 e. The van der Waals surface area contributed by atoms with Crippen LogP contribution in [0.25, 0.3) is 0 Å². The summed E-state index contributed by atoms with van der Waals surface area (Å²) in [6, 6.07) is 12.4. The fourth-order valence-corrected chi connectivity index (χ4v) is 3.91. The molecule has 0 saturated heterocycles. The van der Waals surface area contributed by atoms with Crippen LogP contribution in [0.3, 0.4) is 0 Å². The van der Waals surface area contributed by atoms with E-state index in [9.17, 15) is 18.0 Å². The van der Waals surface area contributed by atoms with Gasteiger partial charge < -0.3 is 5.32 Å². The highest BCUT2D eigenvalue weighted by Crippen LogP contribution is 2.30. The predicted octanol–water partition coefficient (Wildman–Crippen LogP) is 1.19. The lowest BCUT2D eigenvalue weighted by molar-refractivity contribution is -0.120. The summed E-state index contributed by atoms with van der Waals surface area (Å²) in [5.74, 6) is -0.859. The maximum atomic E-state index is 12.3. The summed E-state index contributed by atoms with van der Waals surface area (Å²) in [6.45, 7) is 2.35. The average Bonchev–Trinajstić information content (AvgIpc) is 3.09. The summed E-state index contributed by atoms with van der Waals surface area (Å²) in [4.78, 5) is 24.2. The number of carbonyl (C=O) groups is 2. The normalized spacial score (nSPS) is 13.0. The Hall–Kier alpha value is -3.07. The Kier molecular flexibility index (Phi) is 5.55. The molecule has 1 aliphatic rings. The van der Waals surface area contributed by atoms with E-state index in [2.05, 4.69) is 16.2 Å². The van der Waals surface area contributed by atoms with E-state index < -0.39 is 21.8 Å². The monoisotopic (exact) mass is 402 g/mol. The summed E-state index contributed by atoms with van der Waals surface area (Å²) in [5.41, 5.74) is 8.37. The lowest BCUT2D eigenvalue weighted by Crippen LogP contribution is -2.44. The second-order valence-corrected chi connectivity index (χ2v) is 8.56. The van der Waals surface area contributed by atoms with Gasteiger partial charge in [0.2, 0.25) is 10.0 Å². The van der Waals surface area contributed by atoms with E-state index in [1.807, 2.05) is 31.2 Å². The quantitative estimate of drug-likeness (QED) is 0.651. The van der Waals surface area contributed by atoms with Crippen molar-refractivity contribution in [3.63, 3.8) is 0 Å². The van der Waals surface area contributed by atoms with Gasteiger partial charge in [0.05, 0.1) is 18.5 Å². The number of anilines is 2. The molecule has 2 aromatic carbocycles. The first kappa shape index (κ1) is 19.7. The van der Waals surface area contributed by atoms with E-state index in [0.717, 1.165) is 23.1 Å². The van der Waals surface area contributed by atoms with Crippen LogP contribution in [0.4, 0.5) is 11.4 Å². The van der Waals surface area contributed by atoms with Crippen LogP contribution in [0.15, 0.2) is 42.5 Å². The molecule has 0 aromatic heterocycles. The number of nitrogens with zero attached hydrogens (tertiary/aromatic N) is 1. The number of aryl methyl sites for hydroxylation is 1. The number of benzene rings is 2. The highest BCUT2D eigenvalue weighted by atomic mass is 32.2. The molecule has 2 aromatic rings. The number of nitrogens with one attached hydrogen (secondary N) is 3. The van der Waals surface area contributed by atoms with Crippen molar-refractivity contribution in [3.8, 4) is 0 Å². The molecular formula is C19H22N4O4S. The average molecular weight is 402 g/mol.